The number of rotatable bonds is 4. The average molecular weight is 367 g/mol. The molecule has 0 aliphatic carbocycles. The Balaban J connectivity index is 1.61. The number of nitrogens with two attached hydrogens (primary N) is 1. The van der Waals surface area contributed by atoms with Gasteiger partial charge in [0.25, 0.3) is 0 Å². The van der Waals surface area contributed by atoms with Crippen LogP contribution < -0.4 is 15.4 Å². The molecule has 0 fully saturated rings. The molecule has 0 radical (unpaired) electrons. The number of benzene rings is 4. The minimum Gasteiger partial charge on any atom is -0.457 e. The molecule has 0 saturated carbocycles. The van der Waals surface area contributed by atoms with Gasteiger partial charge in [0.05, 0.1) is 5.69 Å². The van der Waals surface area contributed by atoms with E-state index in [9.17, 15) is 0 Å². The molecule has 4 rings (SSSR count). The van der Waals surface area contributed by atoms with Crippen molar-refractivity contribution in [3.8, 4) is 11.5 Å². The maximum absolute atomic E-state index is 6.31. The zero-order valence-corrected chi connectivity index (χ0v) is 15.6. The van der Waals surface area contributed by atoms with Crippen LogP contribution in [0.2, 0.25) is 0 Å². The van der Waals surface area contributed by atoms with Gasteiger partial charge in [0, 0.05) is 24.2 Å². The van der Waals surface area contributed by atoms with Crippen LogP contribution in [-0.2, 0) is 0 Å². The third-order valence-corrected chi connectivity index (χ3v) is 4.53. The molecule has 0 atom stereocenters. The largest absolute Gasteiger partial charge is 0.457 e. The second-order valence-electron chi connectivity index (χ2n) is 6.44. The first-order valence-electron chi connectivity index (χ1n) is 9.09. The normalized spacial score (nSPS) is 11.4. The molecular formula is C24H21N3O. The van der Waals surface area contributed by atoms with Gasteiger partial charge in [0.2, 0.25) is 5.96 Å². The lowest BCUT2D eigenvalue weighted by Gasteiger charge is -2.19. The van der Waals surface area contributed by atoms with E-state index in [4.69, 9.17) is 10.5 Å². The number of aliphatic imine (C=N–C) groups is 1. The lowest BCUT2D eigenvalue weighted by Crippen LogP contribution is -2.33. The Morgan fingerprint density at radius 3 is 2.32 bits per heavy atom. The first-order valence-corrected chi connectivity index (χ1v) is 9.09. The highest BCUT2D eigenvalue weighted by Gasteiger charge is 2.08. The highest BCUT2D eigenvalue weighted by molar-refractivity contribution is 6.00. The smallest absolute Gasteiger partial charge is 0.200 e. The fourth-order valence-electron chi connectivity index (χ4n) is 3.02. The zero-order valence-electron chi connectivity index (χ0n) is 15.6. The summed E-state index contributed by atoms with van der Waals surface area (Å²) in [6.07, 6.45) is 0. The number of fused-ring (bicyclic) bond motifs is 1. The molecule has 4 aromatic rings. The first kappa shape index (κ1) is 17.6. The molecule has 4 heteroatoms. The summed E-state index contributed by atoms with van der Waals surface area (Å²) in [7, 11) is 1.89. The number of para-hydroxylation sites is 1. The monoisotopic (exact) mass is 367 g/mol. The lowest BCUT2D eigenvalue weighted by atomic mass is 10.1. The summed E-state index contributed by atoms with van der Waals surface area (Å²) in [4.78, 5) is 6.50. The second-order valence-corrected chi connectivity index (χ2v) is 6.44. The highest BCUT2D eigenvalue weighted by atomic mass is 16.5. The molecule has 0 bridgehead atoms. The van der Waals surface area contributed by atoms with Gasteiger partial charge >= 0.3 is 0 Å². The fraction of sp³-hybridized carbons (Fsp3) is 0.0417. The fourth-order valence-corrected chi connectivity index (χ4v) is 3.02. The Bertz CT molecular complexity index is 1120. The summed E-state index contributed by atoms with van der Waals surface area (Å²) in [5.41, 5.74) is 8.05. The number of anilines is 1. The third-order valence-electron chi connectivity index (χ3n) is 4.53. The molecule has 0 saturated heterocycles. The Morgan fingerprint density at radius 2 is 1.46 bits per heavy atom. The van der Waals surface area contributed by atoms with Gasteiger partial charge in [-0.15, -0.1) is 0 Å². The van der Waals surface area contributed by atoms with Crippen LogP contribution in [0.15, 0.2) is 102 Å². The second kappa shape index (κ2) is 7.84. The lowest BCUT2D eigenvalue weighted by molar-refractivity contribution is 0.483. The Hall–Kier alpha value is -3.79. The number of hydrogen-bond donors (Lipinski definition) is 1. The van der Waals surface area contributed by atoms with Crippen LogP contribution in [0, 0.1) is 0 Å². The van der Waals surface area contributed by atoms with E-state index in [1.165, 1.54) is 0 Å². The van der Waals surface area contributed by atoms with E-state index in [2.05, 4.69) is 23.2 Å². The van der Waals surface area contributed by atoms with E-state index in [-0.39, 0.29) is 0 Å². The van der Waals surface area contributed by atoms with E-state index in [0.717, 1.165) is 33.6 Å². The van der Waals surface area contributed by atoms with Gasteiger partial charge in [-0.1, -0.05) is 60.7 Å². The van der Waals surface area contributed by atoms with Gasteiger partial charge in [0.15, 0.2) is 0 Å². The summed E-state index contributed by atoms with van der Waals surface area (Å²) >= 11 is 0. The molecule has 138 valence electrons. The topological polar surface area (TPSA) is 50.8 Å². The quantitative estimate of drug-likeness (QED) is 0.371. The van der Waals surface area contributed by atoms with Crippen LogP contribution in [0.5, 0.6) is 11.5 Å². The molecule has 0 unspecified atom stereocenters. The summed E-state index contributed by atoms with van der Waals surface area (Å²) in [5, 5.41) is 2.21. The standard InChI is InChI=1S/C24H21N3O/c1-27(19-11-8-14-21(17-19)28-20-12-3-2-4-13-20)24(25)26-23-16-7-10-18-9-5-6-15-22(18)23/h2-17H,1H3,(H2,25,26). The number of hydrogen-bond acceptors (Lipinski definition) is 2. The Morgan fingerprint density at radius 1 is 0.786 bits per heavy atom. The maximum Gasteiger partial charge on any atom is 0.200 e. The van der Waals surface area contributed by atoms with Crippen LogP contribution in [0.4, 0.5) is 11.4 Å². The predicted octanol–water partition coefficient (Wildman–Crippen LogP) is 5.71. The van der Waals surface area contributed by atoms with Crippen molar-refractivity contribution in [2.45, 2.75) is 0 Å². The van der Waals surface area contributed by atoms with Crippen LogP contribution in [0.3, 0.4) is 0 Å². The highest BCUT2D eigenvalue weighted by Crippen LogP contribution is 2.28. The molecular weight excluding hydrogens is 346 g/mol. The van der Waals surface area contributed by atoms with E-state index in [0.29, 0.717) is 5.96 Å². The van der Waals surface area contributed by atoms with Crippen LogP contribution in [0.1, 0.15) is 0 Å². The minimum atomic E-state index is 0.410. The SMILES string of the molecule is CN(C(N)=Nc1cccc2ccccc12)c1cccc(Oc2ccccc2)c1. The van der Waals surface area contributed by atoms with Gasteiger partial charge in [-0.25, -0.2) is 4.99 Å². The average Bonchev–Trinajstić information content (AvgIpc) is 2.74. The molecule has 4 nitrogen and oxygen atoms in total. The minimum absolute atomic E-state index is 0.410. The van der Waals surface area contributed by atoms with E-state index in [1.807, 2.05) is 90.8 Å². The molecule has 4 aromatic carbocycles. The molecule has 0 amide bonds. The zero-order chi connectivity index (χ0) is 19.3. The van der Waals surface area contributed by atoms with Gasteiger partial charge in [-0.3, -0.25) is 0 Å². The first-order chi connectivity index (χ1) is 13.7. The molecule has 0 spiro atoms. The molecule has 2 N–H and O–H groups in total. The van der Waals surface area contributed by atoms with Crippen molar-refractivity contribution in [3.05, 3.63) is 97.1 Å². The summed E-state index contributed by atoms with van der Waals surface area (Å²) in [6.45, 7) is 0. The molecule has 0 aliphatic rings. The Labute approximate surface area is 164 Å². The van der Waals surface area contributed by atoms with Gasteiger partial charge < -0.3 is 15.4 Å². The molecule has 0 aliphatic heterocycles. The molecule has 0 heterocycles. The van der Waals surface area contributed by atoms with Gasteiger partial charge in [0.1, 0.15) is 11.5 Å². The number of guanidine groups is 1. The van der Waals surface area contributed by atoms with E-state index in [1.54, 1.807) is 0 Å². The van der Waals surface area contributed by atoms with Crippen LogP contribution >= 0.6 is 0 Å². The number of ether oxygens (including phenoxy) is 1. The summed E-state index contributed by atoms with van der Waals surface area (Å²) < 4.78 is 5.92. The van der Waals surface area contributed by atoms with Crippen LogP contribution in [0.25, 0.3) is 10.8 Å². The van der Waals surface area contributed by atoms with Crippen molar-refractivity contribution in [3.63, 3.8) is 0 Å². The van der Waals surface area contributed by atoms with Crippen molar-refractivity contribution in [1.29, 1.82) is 0 Å². The Kier molecular flexibility index (Phi) is 4.93. The predicted molar refractivity (Wildman–Crippen MR) is 117 cm³/mol. The van der Waals surface area contributed by atoms with Gasteiger partial charge in [-0.2, -0.15) is 0 Å². The van der Waals surface area contributed by atoms with Crippen molar-refractivity contribution < 1.29 is 4.74 Å². The van der Waals surface area contributed by atoms with Crippen LogP contribution in [-0.4, -0.2) is 13.0 Å². The summed E-state index contributed by atoms with van der Waals surface area (Å²) in [5.74, 6) is 1.95. The van der Waals surface area contributed by atoms with Crippen molar-refractivity contribution >= 4 is 28.1 Å². The van der Waals surface area contributed by atoms with Crippen molar-refractivity contribution in [2.24, 2.45) is 10.7 Å². The van der Waals surface area contributed by atoms with E-state index >= 15 is 0 Å². The molecule has 0 aromatic heterocycles. The number of nitrogens with zero attached hydrogens (tertiary/aromatic N) is 2. The summed E-state index contributed by atoms with van der Waals surface area (Å²) in [6, 6.07) is 31.6. The molecule has 28 heavy (non-hydrogen) atoms. The third kappa shape index (κ3) is 3.81. The van der Waals surface area contributed by atoms with Crippen molar-refractivity contribution in [1.82, 2.24) is 0 Å². The maximum atomic E-state index is 6.31. The van der Waals surface area contributed by atoms with E-state index < -0.39 is 0 Å². The van der Waals surface area contributed by atoms with Crippen molar-refractivity contribution in [2.75, 3.05) is 11.9 Å². The van der Waals surface area contributed by atoms with Gasteiger partial charge in [-0.05, 0) is 35.7 Å².